The predicted octanol–water partition coefficient (Wildman–Crippen LogP) is 3.79. The number of benzene rings is 4. The molecule has 1 aliphatic rings. The van der Waals surface area contributed by atoms with E-state index in [0.29, 0.717) is 44.7 Å². The van der Waals surface area contributed by atoms with E-state index in [-0.39, 0.29) is 5.91 Å². The molecule has 0 bridgehead atoms. The smallest absolute Gasteiger partial charge is 0.241 e. The SMILES string of the molecule is BN1CCN(Cc2ccccc2)C(=O)[C@@H]1[C@@H](O)[C@H](Cc1cccc(C#N)c1)N(Cc1ccccc1)Cc1ccccc1. The summed E-state index contributed by atoms with van der Waals surface area (Å²) < 4.78 is 0. The van der Waals surface area contributed by atoms with Gasteiger partial charge in [-0.2, -0.15) is 5.26 Å². The lowest BCUT2D eigenvalue weighted by atomic mass is 9.89. The molecule has 0 spiro atoms. The molecule has 4 aromatic carbocycles. The quantitative estimate of drug-likeness (QED) is 0.285. The first-order chi connectivity index (χ1) is 20.5. The Kier molecular flexibility index (Phi) is 9.84. The van der Waals surface area contributed by atoms with E-state index in [1.165, 1.54) is 0 Å². The molecule has 1 amide bonds. The Morgan fingerprint density at radius 1 is 0.810 bits per heavy atom. The first-order valence-corrected chi connectivity index (χ1v) is 14.5. The zero-order chi connectivity index (χ0) is 29.3. The van der Waals surface area contributed by atoms with Crippen LogP contribution < -0.4 is 0 Å². The Bertz CT molecular complexity index is 1440. The van der Waals surface area contributed by atoms with Gasteiger partial charge in [0.05, 0.1) is 17.7 Å². The second-order valence-electron chi connectivity index (χ2n) is 11.1. The van der Waals surface area contributed by atoms with E-state index in [1.54, 1.807) is 6.07 Å². The summed E-state index contributed by atoms with van der Waals surface area (Å²) in [6.45, 7) is 3.01. The van der Waals surface area contributed by atoms with Crippen LogP contribution in [0.4, 0.5) is 0 Å². The van der Waals surface area contributed by atoms with E-state index in [0.717, 1.165) is 22.3 Å². The van der Waals surface area contributed by atoms with Gasteiger partial charge in [-0.3, -0.25) is 9.69 Å². The van der Waals surface area contributed by atoms with Gasteiger partial charge in [-0.1, -0.05) is 103 Å². The molecular weight excluding hydrogens is 519 g/mol. The molecule has 1 aliphatic heterocycles. The van der Waals surface area contributed by atoms with Crippen molar-refractivity contribution in [2.24, 2.45) is 0 Å². The van der Waals surface area contributed by atoms with Crippen LogP contribution >= 0.6 is 0 Å². The number of carbonyl (C=O) groups excluding carboxylic acids is 1. The molecule has 212 valence electrons. The first kappa shape index (κ1) is 29.3. The van der Waals surface area contributed by atoms with Crippen LogP contribution in [-0.4, -0.2) is 64.9 Å². The number of amides is 1. The van der Waals surface area contributed by atoms with Gasteiger partial charge >= 0.3 is 0 Å². The summed E-state index contributed by atoms with van der Waals surface area (Å²) in [5.41, 5.74) is 4.87. The van der Waals surface area contributed by atoms with Crippen molar-refractivity contribution in [2.75, 3.05) is 13.1 Å². The summed E-state index contributed by atoms with van der Waals surface area (Å²) in [5, 5.41) is 21.8. The molecular formula is C35H37BN4O2. The van der Waals surface area contributed by atoms with E-state index in [2.05, 4.69) is 35.2 Å². The zero-order valence-electron chi connectivity index (χ0n) is 24.1. The van der Waals surface area contributed by atoms with Crippen LogP contribution in [0.1, 0.15) is 27.8 Å². The Hall–Kier alpha value is -4.22. The summed E-state index contributed by atoms with van der Waals surface area (Å²) in [4.78, 5) is 20.2. The van der Waals surface area contributed by atoms with Gasteiger partial charge < -0.3 is 14.8 Å². The van der Waals surface area contributed by atoms with Crippen molar-refractivity contribution in [1.82, 2.24) is 14.6 Å². The Morgan fingerprint density at radius 2 is 1.36 bits per heavy atom. The maximum atomic E-state index is 14.0. The Morgan fingerprint density at radius 3 is 1.93 bits per heavy atom. The Labute approximate surface area is 249 Å². The number of nitrogens with zero attached hydrogens (tertiary/aromatic N) is 4. The zero-order valence-corrected chi connectivity index (χ0v) is 24.1. The second-order valence-corrected chi connectivity index (χ2v) is 11.1. The van der Waals surface area contributed by atoms with Gasteiger partial charge in [0, 0.05) is 38.8 Å². The van der Waals surface area contributed by atoms with Crippen LogP contribution in [0.15, 0.2) is 115 Å². The molecule has 7 heteroatoms. The van der Waals surface area contributed by atoms with Crippen molar-refractivity contribution in [3.63, 3.8) is 0 Å². The molecule has 0 aliphatic carbocycles. The molecule has 0 radical (unpaired) electrons. The second kappa shape index (κ2) is 14.1. The maximum absolute atomic E-state index is 14.0. The molecule has 0 saturated carbocycles. The molecule has 1 fully saturated rings. The lowest BCUT2D eigenvalue weighted by Gasteiger charge is -2.45. The summed E-state index contributed by atoms with van der Waals surface area (Å²) in [7, 11) is 1.93. The van der Waals surface area contributed by atoms with Gasteiger partial charge in [0.15, 0.2) is 7.98 Å². The number of aliphatic hydroxyl groups excluding tert-OH is 1. The average molecular weight is 557 g/mol. The van der Waals surface area contributed by atoms with Gasteiger partial charge in [0.1, 0.15) is 6.04 Å². The normalized spacial score (nSPS) is 17.1. The van der Waals surface area contributed by atoms with Gasteiger partial charge in [-0.05, 0) is 40.8 Å². The summed E-state index contributed by atoms with van der Waals surface area (Å²) in [6, 6.07) is 39.2. The number of hydrogen-bond acceptors (Lipinski definition) is 5. The minimum atomic E-state index is -0.973. The molecule has 4 aromatic rings. The summed E-state index contributed by atoms with van der Waals surface area (Å²) >= 11 is 0. The number of hydrogen-bond donors (Lipinski definition) is 1. The fourth-order valence-electron chi connectivity index (χ4n) is 5.88. The van der Waals surface area contributed by atoms with Crippen LogP contribution in [-0.2, 0) is 30.8 Å². The van der Waals surface area contributed by atoms with Crippen molar-refractivity contribution in [3.05, 3.63) is 143 Å². The third-order valence-corrected chi connectivity index (χ3v) is 8.12. The highest BCUT2D eigenvalue weighted by molar-refractivity contribution is 6.07. The van der Waals surface area contributed by atoms with Crippen molar-refractivity contribution >= 4 is 13.9 Å². The number of nitriles is 1. The highest BCUT2D eigenvalue weighted by Crippen LogP contribution is 2.25. The van der Waals surface area contributed by atoms with Gasteiger partial charge in [-0.15, -0.1) is 0 Å². The van der Waals surface area contributed by atoms with Crippen molar-refractivity contribution in [1.29, 1.82) is 5.26 Å². The van der Waals surface area contributed by atoms with Crippen LogP contribution in [0.2, 0.25) is 0 Å². The van der Waals surface area contributed by atoms with Gasteiger partial charge in [0.2, 0.25) is 5.91 Å². The Balaban J connectivity index is 1.50. The predicted molar refractivity (Wildman–Crippen MR) is 168 cm³/mol. The van der Waals surface area contributed by atoms with Gasteiger partial charge in [-0.25, -0.2) is 0 Å². The lowest BCUT2D eigenvalue weighted by Crippen LogP contribution is -2.64. The fraction of sp³-hybridized carbons (Fsp3) is 0.257. The molecule has 6 nitrogen and oxygen atoms in total. The topological polar surface area (TPSA) is 70.8 Å². The van der Waals surface area contributed by atoms with E-state index in [1.807, 2.05) is 103 Å². The lowest BCUT2D eigenvalue weighted by molar-refractivity contribution is -0.146. The number of carbonyl (C=O) groups is 1. The first-order valence-electron chi connectivity index (χ1n) is 14.5. The van der Waals surface area contributed by atoms with E-state index < -0.39 is 18.2 Å². The average Bonchev–Trinajstić information content (AvgIpc) is 3.02. The van der Waals surface area contributed by atoms with E-state index in [9.17, 15) is 15.2 Å². The number of piperazine rings is 1. The highest BCUT2D eigenvalue weighted by atomic mass is 16.3. The molecule has 1 N–H and O–H groups in total. The molecule has 1 heterocycles. The maximum Gasteiger partial charge on any atom is 0.241 e. The van der Waals surface area contributed by atoms with Crippen LogP contribution in [0.5, 0.6) is 0 Å². The van der Waals surface area contributed by atoms with Crippen LogP contribution in [0.3, 0.4) is 0 Å². The van der Waals surface area contributed by atoms with E-state index >= 15 is 0 Å². The largest absolute Gasteiger partial charge is 0.389 e. The standard InChI is InChI=1S/C35H37BN4O2/c36-40-20-19-38(24-27-11-4-1-5-12-27)35(42)33(40)34(41)32(22-30-17-10-18-31(21-30)23-37)39(25-28-13-6-2-7-14-28)26-29-15-8-3-9-16-29/h1-18,21,32-34,41H,19-20,22,24-26,36H2/t32-,33-,34-/m0/s1. The highest BCUT2D eigenvalue weighted by Gasteiger charge is 2.42. The number of rotatable bonds is 11. The van der Waals surface area contributed by atoms with Crippen molar-refractivity contribution in [3.8, 4) is 6.07 Å². The fourth-order valence-corrected chi connectivity index (χ4v) is 5.88. The minimum Gasteiger partial charge on any atom is -0.389 e. The van der Waals surface area contributed by atoms with Crippen molar-refractivity contribution < 1.29 is 9.90 Å². The third kappa shape index (κ3) is 7.34. The number of aliphatic hydroxyl groups is 1. The molecule has 0 aromatic heterocycles. The van der Waals surface area contributed by atoms with Crippen LogP contribution in [0, 0.1) is 11.3 Å². The van der Waals surface area contributed by atoms with Gasteiger partial charge in [0.25, 0.3) is 0 Å². The monoisotopic (exact) mass is 556 g/mol. The van der Waals surface area contributed by atoms with E-state index in [4.69, 9.17) is 0 Å². The molecule has 42 heavy (non-hydrogen) atoms. The van der Waals surface area contributed by atoms with Crippen molar-refractivity contribution in [2.45, 2.75) is 44.2 Å². The summed E-state index contributed by atoms with van der Waals surface area (Å²) in [6.07, 6.45) is -0.480. The minimum absolute atomic E-state index is 0.0600. The molecule has 1 saturated heterocycles. The molecule has 5 rings (SSSR count). The third-order valence-electron chi connectivity index (χ3n) is 8.12. The van der Waals surface area contributed by atoms with Crippen LogP contribution in [0.25, 0.3) is 0 Å². The molecule has 3 atom stereocenters. The summed E-state index contributed by atoms with van der Waals surface area (Å²) in [5.74, 6) is -0.0600. The molecule has 0 unspecified atom stereocenters.